The van der Waals surface area contributed by atoms with E-state index < -0.39 is 57.6 Å². The molecule has 0 aromatic heterocycles. The number of carboxylic acid groups (broad SMARTS) is 1. The van der Waals surface area contributed by atoms with Crippen molar-refractivity contribution in [3.63, 3.8) is 0 Å². The second kappa shape index (κ2) is 33.6. The largest absolute Gasteiger partial charge is 0.480 e. The number of aliphatic hydroxyl groups excluding tert-OH is 1. The predicted molar refractivity (Wildman–Crippen MR) is 199 cm³/mol. The number of aliphatic hydroxyl groups is 1. The third kappa shape index (κ3) is 32.6. The molecule has 1 amide bonds. The fourth-order valence-corrected chi connectivity index (χ4v) is 5.42. The SMILES string of the molecule is CCCCC/C=C\C/C=C\C/C=C\C/C=C\CCCCCCCCCC(=O)OCC(O)COP(=O)(O)OCC(NC(=O)CCCCC)C(=O)O. The number of nitrogens with one attached hydrogen (secondary N) is 1. The summed E-state index contributed by atoms with van der Waals surface area (Å²) in [5, 5.41) is 21.4. The Hall–Kier alpha value is -2.56. The molecule has 0 fully saturated rings. The van der Waals surface area contributed by atoms with Crippen molar-refractivity contribution in [1.82, 2.24) is 5.32 Å². The predicted octanol–water partition coefficient (Wildman–Crippen LogP) is 8.66. The molecule has 0 saturated heterocycles. The number of amides is 1. The van der Waals surface area contributed by atoms with E-state index in [1.807, 2.05) is 6.92 Å². The average Bonchev–Trinajstić information content (AvgIpc) is 3.08. The molecule has 0 spiro atoms. The van der Waals surface area contributed by atoms with Gasteiger partial charge in [0.25, 0.3) is 0 Å². The van der Waals surface area contributed by atoms with Gasteiger partial charge in [0.05, 0.1) is 13.2 Å². The molecular formula is C38H66NO10P. The number of aliphatic carboxylic acids is 1. The van der Waals surface area contributed by atoms with Crippen LogP contribution in [0.4, 0.5) is 0 Å². The van der Waals surface area contributed by atoms with Crippen LogP contribution in [0, 0.1) is 0 Å². The van der Waals surface area contributed by atoms with E-state index in [2.05, 4.69) is 69.9 Å². The number of allylic oxidation sites excluding steroid dienone is 8. The zero-order valence-electron chi connectivity index (χ0n) is 30.7. The van der Waals surface area contributed by atoms with Crippen molar-refractivity contribution in [1.29, 1.82) is 0 Å². The maximum absolute atomic E-state index is 12.1. The van der Waals surface area contributed by atoms with Gasteiger partial charge in [0.15, 0.2) is 6.04 Å². The van der Waals surface area contributed by atoms with Crippen LogP contribution in [0.15, 0.2) is 48.6 Å². The highest BCUT2D eigenvalue weighted by molar-refractivity contribution is 7.47. The number of unbranched alkanes of at least 4 members (excludes halogenated alkanes) is 12. The molecule has 11 nitrogen and oxygen atoms in total. The molecule has 0 radical (unpaired) electrons. The fraction of sp³-hybridized carbons (Fsp3) is 0.711. The minimum absolute atomic E-state index is 0.129. The topological polar surface area (TPSA) is 169 Å². The molecule has 0 aliphatic heterocycles. The first-order chi connectivity index (χ1) is 24.1. The second-order valence-electron chi connectivity index (χ2n) is 12.4. The number of carbonyl (C=O) groups excluding carboxylic acids is 2. The van der Waals surface area contributed by atoms with E-state index in [0.29, 0.717) is 12.8 Å². The van der Waals surface area contributed by atoms with E-state index >= 15 is 0 Å². The van der Waals surface area contributed by atoms with Gasteiger partial charge >= 0.3 is 19.8 Å². The number of carbonyl (C=O) groups is 3. The molecule has 12 heteroatoms. The first-order valence-electron chi connectivity index (χ1n) is 18.7. The lowest BCUT2D eigenvalue weighted by Gasteiger charge is -2.18. The molecule has 3 unspecified atom stereocenters. The molecule has 3 atom stereocenters. The van der Waals surface area contributed by atoms with Crippen molar-refractivity contribution < 1.29 is 47.8 Å². The van der Waals surface area contributed by atoms with Crippen molar-refractivity contribution in [3.8, 4) is 0 Å². The number of hydrogen-bond acceptors (Lipinski definition) is 8. The van der Waals surface area contributed by atoms with Crippen LogP contribution < -0.4 is 5.32 Å². The van der Waals surface area contributed by atoms with Gasteiger partial charge in [-0.2, -0.15) is 0 Å². The van der Waals surface area contributed by atoms with Crippen LogP contribution in [-0.4, -0.2) is 64.9 Å². The van der Waals surface area contributed by atoms with Crippen molar-refractivity contribution in [2.45, 2.75) is 154 Å². The van der Waals surface area contributed by atoms with Gasteiger partial charge in [0.2, 0.25) is 5.91 Å². The molecular weight excluding hydrogens is 661 g/mol. The van der Waals surface area contributed by atoms with E-state index in [4.69, 9.17) is 4.74 Å². The van der Waals surface area contributed by atoms with Gasteiger partial charge in [-0.05, 0) is 57.8 Å². The number of phosphoric ester groups is 1. The normalized spacial score (nSPS) is 14.5. The van der Waals surface area contributed by atoms with Crippen molar-refractivity contribution in [2.24, 2.45) is 0 Å². The van der Waals surface area contributed by atoms with Crippen LogP contribution in [-0.2, 0) is 32.7 Å². The standard InChI is InChI=1S/C38H66NO10P/c1-3-5-7-8-9-10-11-12-13-14-15-16-17-18-19-20-21-22-23-24-25-26-28-30-37(42)47-31-34(40)32-48-50(45,46)49-33-35(38(43)44)39-36(41)29-27-6-4-2/h9-10,12-13,15-16,18-19,34-35,40H,3-8,11,14,17,20-33H2,1-2H3,(H,39,41)(H,43,44)(H,45,46)/b10-9-,13-12-,16-15-,19-18-. The quantitative estimate of drug-likeness (QED) is 0.0218. The Morgan fingerprint density at radius 2 is 1.10 bits per heavy atom. The Labute approximate surface area is 301 Å². The Morgan fingerprint density at radius 1 is 0.640 bits per heavy atom. The van der Waals surface area contributed by atoms with E-state index in [1.165, 1.54) is 38.5 Å². The Balaban J connectivity index is 3.81. The third-order valence-electron chi connectivity index (χ3n) is 7.62. The Kier molecular flexibility index (Phi) is 31.9. The van der Waals surface area contributed by atoms with Crippen LogP contribution in [0.3, 0.4) is 0 Å². The highest BCUT2D eigenvalue weighted by Crippen LogP contribution is 2.43. The molecule has 0 bridgehead atoms. The van der Waals surface area contributed by atoms with E-state index in [0.717, 1.165) is 64.2 Å². The molecule has 0 aromatic rings. The zero-order chi connectivity index (χ0) is 37.1. The minimum atomic E-state index is -4.73. The van der Waals surface area contributed by atoms with Crippen molar-refractivity contribution in [3.05, 3.63) is 48.6 Å². The van der Waals surface area contributed by atoms with Crippen LogP contribution in [0.25, 0.3) is 0 Å². The number of hydrogen-bond donors (Lipinski definition) is 4. The maximum Gasteiger partial charge on any atom is 0.472 e. The molecule has 0 rings (SSSR count). The summed E-state index contributed by atoms with van der Waals surface area (Å²) in [7, 11) is -4.73. The molecule has 0 saturated carbocycles. The summed E-state index contributed by atoms with van der Waals surface area (Å²) in [5.74, 6) is -2.43. The van der Waals surface area contributed by atoms with Gasteiger partial charge in [-0.25, -0.2) is 9.36 Å². The summed E-state index contributed by atoms with van der Waals surface area (Å²) in [6.45, 7) is 2.28. The van der Waals surface area contributed by atoms with E-state index in [9.17, 15) is 34.1 Å². The number of esters is 1. The summed E-state index contributed by atoms with van der Waals surface area (Å²) < 4.78 is 26.4. The van der Waals surface area contributed by atoms with Crippen LogP contribution in [0.1, 0.15) is 142 Å². The molecule has 4 N–H and O–H groups in total. The number of carboxylic acids is 1. The lowest BCUT2D eigenvalue weighted by molar-refractivity contribution is -0.147. The Morgan fingerprint density at radius 3 is 1.66 bits per heavy atom. The average molecular weight is 728 g/mol. The van der Waals surface area contributed by atoms with Crippen LogP contribution in [0.2, 0.25) is 0 Å². The molecule has 0 aliphatic rings. The van der Waals surface area contributed by atoms with Crippen LogP contribution >= 0.6 is 7.82 Å². The van der Waals surface area contributed by atoms with Gasteiger partial charge in [-0.3, -0.25) is 18.6 Å². The fourth-order valence-electron chi connectivity index (χ4n) is 4.65. The molecule has 0 aromatic carbocycles. The number of ether oxygens (including phenoxy) is 1. The third-order valence-corrected chi connectivity index (χ3v) is 8.57. The summed E-state index contributed by atoms with van der Waals surface area (Å²) in [6.07, 6.45) is 35.5. The summed E-state index contributed by atoms with van der Waals surface area (Å²) in [5.41, 5.74) is 0. The molecule has 0 heterocycles. The lowest BCUT2D eigenvalue weighted by atomic mass is 10.1. The first kappa shape index (κ1) is 47.4. The highest BCUT2D eigenvalue weighted by atomic mass is 31.2. The lowest BCUT2D eigenvalue weighted by Crippen LogP contribution is -2.43. The smallest absolute Gasteiger partial charge is 0.472 e. The van der Waals surface area contributed by atoms with Crippen molar-refractivity contribution >= 4 is 25.7 Å². The van der Waals surface area contributed by atoms with Gasteiger partial charge in [-0.15, -0.1) is 0 Å². The summed E-state index contributed by atoms with van der Waals surface area (Å²) in [6, 6.07) is -1.54. The van der Waals surface area contributed by atoms with Gasteiger partial charge in [-0.1, -0.05) is 120 Å². The number of rotatable bonds is 34. The van der Waals surface area contributed by atoms with Gasteiger partial charge in [0.1, 0.15) is 12.7 Å². The molecule has 0 aliphatic carbocycles. The van der Waals surface area contributed by atoms with E-state index in [1.54, 1.807) is 0 Å². The van der Waals surface area contributed by atoms with Gasteiger partial charge < -0.3 is 25.2 Å². The highest BCUT2D eigenvalue weighted by Gasteiger charge is 2.28. The van der Waals surface area contributed by atoms with Crippen LogP contribution in [0.5, 0.6) is 0 Å². The first-order valence-corrected chi connectivity index (χ1v) is 20.2. The van der Waals surface area contributed by atoms with E-state index in [-0.39, 0.29) is 12.8 Å². The molecule has 50 heavy (non-hydrogen) atoms. The molecule has 288 valence electrons. The van der Waals surface area contributed by atoms with Crippen molar-refractivity contribution in [2.75, 3.05) is 19.8 Å². The Bertz CT molecular complexity index is 1040. The number of phosphoric acid groups is 1. The van der Waals surface area contributed by atoms with Gasteiger partial charge in [0, 0.05) is 12.8 Å². The summed E-state index contributed by atoms with van der Waals surface area (Å²) in [4.78, 5) is 45.0. The zero-order valence-corrected chi connectivity index (χ0v) is 31.6. The maximum atomic E-state index is 12.1. The summed E-state index contributed by atoms with van der Waals surface area (Å²) >= 11 is 0. The minimum Gasteiger partial charge on any atom is -0.480 e. The second-order valence-corrected chi connectivity index (χ2v) is 13.9. The monoisotopic (exact) mass is 727 g/mol.